The number of carbonyl (C=O) groups is 1. The Morgan fingerprint density at radius 1 is 1.16 bits per heavy atom. The van der Waals surface area contributed by atoms with Crippen LogP contribution >= 0.6 is 0 Å². The topological polar surface area (TPSA) is 74.8 Å². The van der Waals surface area contributed by atoms with Crippen molar-refractivity contribution in [2.45, 2.75) is 33.2 Å². The minimum Gasteiger partial charge on any atom is -0.352 e. The summed E-state index contributed by atoms with van der Waals surface area (Å²) in [5.41, 5.74) is 4.57. The van der Waals surface area contributed by atoms with Gasteiger partial charge in [0.15, 0.2) is 0 Å². The van der Waals surface area contributed by atoms with Gasteiger partial charge in [-0.1, -0.05) is 11.6 Å². The molecule has 5 nitrogen and oxygen atoms in total. The maximum Gasteiger partial charge on any atom is 0.251 e. The molecule has 128 valence electrons. The predicted octanol–water partition coefficient (Wildman–Crippen LogP) is 2.79. The molecular weight excluding hydrogens is 314 g/mol. The van der Waals surface area contributed by atoms with E-state index in [2.05, 4.69) is 15.3 Å². The predicted molar refractivity (Wildman–Crippen MR) is 98.4 cm³/mol. The number of nitrogens with one attached hydrogen (secondary N) is 2. The summed E-state index contributed by atoms with van der Waals surface area (Å²) in [5.74, 6) is -0.0725. The van der Waals surface area contributed by atoms with Crippen LogP contribution in [0.2, 0.25) is 0 Å². The van der Waals surface area contributed by atoms with E-state index in [0.717, 1.165) is 27.6 Å². The number of carbonyl (C=O) groups excluding carboxylic acids is 1. The lowest BCUT2D eigenvalue weighted by Gasteiger charge is -2.08. The van der Waals surface area contributed by atoms with Crippen molar-refractivity contribution in [2.75, 3.05) is 0 Å². The number of hydrogen-bond acceptors (Lipinski definition) is 3. The van der Waals surface area contributed by atoms with Crippen LogP contribution in [0.3, 0.4) is 0 Å². The van der Waals surface area contributed by atoms with E-state index in [9.17, 15) is 9.59 Å². The molecule has 25 heavy (non-hydrogen) atoms. The summed E-state index contributed by atoms with van der Waals surface area (Å²) >= 11 is 0. The third-order valence-electron chi connectivity index (χ3n) is 4.23. The van der Waals surface area contributed by atoms with Gasteiger partial charge in [-0.05, 0) is 61.0 Å². The Hall–Kier alpha value is -2.95. The van der Waals surface area contributed by atoms with E-state index in [1.165, 1.54) is 0 Å². The first-order chi connectivity index (χ1) is 12.0. The van der Waals surface area contributed by atoms with Gasteiger partial charge in [0, 0.05) is 30.9 Å². The molecule has 2 aromatic heterocycles. The SMILES string of the molecule is Cc1cc(C)c2[nH]c(=O)c(CCC(=O)NCc3ccncc3)cc2c1. The smallest absolute Gasteiger partial charge is 0.251 e. The molecule has 0 aliphatic carbocycles. The van der Waals surface area contributed by atoms with Crippen LogP contribution in [0.1, 0.15) is 28.7 Å². The molecule has 1 aromatic carbocycles. The lowest BCUT2D eigenvalue weighted by Crippen LogP contribution is -2.24. The van der Waals surface area contributed by atoms with Gasteiger partial charge in [-0.15, -0.1) is 0 Å². The number of aryl methyl sites for hydroxylation is 3. The summed E-state index contributed by atoms with van der Waals surface area (Å²) in [6.07, 6.45) is 4.09. The molecule has 0 spiro atoms. The fraction of sp³-hybridized carbons (Fsp3) is 0.250. The van der Waals surface area contributed by atoms with Gasteiger partial charge >= 0.3 is 0 Å². The van der Waals surface area contributed by atoms with Crippen molar-refractivity contribution < 1.29 is 4.79 Å². The highest BCUT2D eigenvalue weighted by Gasteiger charge is 2.08. The lowest BCUT2D eigenvalue weighted by molar-refractivity contribution is -0.121. The molecule has 3 aromatic rings. The van der Waals surface area contributed by atoms with Crippen LogP contribution in [0.15, 0.2) is 47.5 Å². The second kappa shape index (κ2) is 7.30. The van der Waals surface area contributed by atoms with Crippen LogP contribution in [0.4, 0.5) is 0 Å². The normalized spacial score (nSPS) is 10.8. The molecule has 0 saturated carbocycles. The highest BCUT2D eigenvalue weighted by molar-refractivity contribution is 5.83. The number of rotatable bonds is 5. The number of fused-ring (bicyclic) bond motifs is 1. The van der Waals surface area contributed by atoms with Gasteiger partial charge in [-0.25, -0.2) is 0 Å². The summed E-state index contributed by atoms with van der Waals surface area (Å²) in [6, 6.07) is 9.71. The van der Waals surface area contributed by atoms with Gasteiger partial charge in [-0.2, -0.15) is 0 Å². The van der Waals surface area contributed by atoms with Crippen LogP contribution in [0, 0.1) is 13.8 Å². The van der Waals surface area contributed by atoms with Gasteiger partial charge in [0.2, 0.25) is 5.91 Å². The van der Waals surface area contributed by atoms with E-state index in [0.29, 0.717) is 18.5 Å². The molecule has 0 aliphatic rings. The van der Waals surface area contributed by atoms with Crippen molar-refractivity contribution in [1.29, 1.82) is 0 Å². The third-order valence-corrected chi connectivity index (χ3v) is 4.23. The average molecular weight is 335 g/mol. The zero-order valence-corrected chi connectivity index (χ0v) is 14.4. The van der Waals surface area contributed by atoms with E-state index in [1.54, 1.807) is 12.4 Å². The molecule has 0 aliphatic heterocycles. The van der Waals surface area contributed by atoms with Crippen molar-refractivity contribution in [3.05, 3.63) is 75.3 Å². The molecule has 2 N–H and O–H groups in total. The quantitative estimate of drug-likeness (QED) is 0.753. The Labute approximate surface area is 146 Å². The Bertz CT molecular complexity index is 962. The molecule has 1 amide bonds. The molecule has 0 bridgehead atoms. The van der Waals surface area contributed by atoms with Gasteiger partial charge in [0.1, 0.15) is 0 Å². The van der Waals surface area contributed by atoms with Crippen molar-refractivity contribution in [3.8, 4) is 0 Å². The fourth-order valence-electron chi connectivity index (χ4n) is 2.96. The average Bonchev–Trinajstić information content (AvgIpc) is 2.60. The van der Waals surface area contributed by atoms with Crippen LogP contribution in [0.25, 0.3) is 10.9 Å². The molecular formula is C20H21N3O2. The first-order valence-corrected chi connectivity index (χ1v) is 8.31. The molecule has 0 saturated heterocycles. The molecule has 0 unspecified atom stereocenters. The summed E-state index contributed by atoms with van der Waals surface area (Å²) in [7, 11) is 0. The number of benzene rings is 1. The summed E-state index contributed by atoms with van der Waals surface area (Å²) in [5, 5.41) is 3.87. The van der Waals surface area contributed by atoms with Crippen LogP contribution < -0.4 is 10.9 Å². The standard InChI is InChI=1S/C20H21N3O2/c1-13-9-14(2)19-17(10-13)11-16(20(25)23-19)3-4-18(24)22-12-15-5-7-21-8-6-15/h5-11H,3-4,12H2,1-2H3,(H,22,24)(H,23,25). The number of amides is 1. The minimum atomic E-state index is -0.124. The number of H-pyrrole nitrogens is 1. The summed E-state index contributed by atoms with van der Waals surface area (Å²) in [4.78, 5) is 31.2. The Kier molecular flexibility index (Phi) is 4.93. The molecule has 0 atom stereocenters. The van der Waals surface area contributed by atoms with E-state index < -0.39 is 0 Å². The van der Waals surface area contributed by atoms with Crippen LogP contribution in [0.5, 0.6) is 0 Å². The van der Waals surface area contributed by atoms with Crippen molar-refractivity contribution in [2.24, 2.45) is 0 Å². The van der Waals surface area contributed by atoms with Crippen molar-refractivity contribution >= 4 is 16.8 Å². The Morgan fingerprint density at radius 3 is 2.68 bits per heavy atom. The largest absolute Gasteiger partial charge is 0.352 e. The highest BCUT2D eigenvalue weighted by Crippen LogP contribution is 2.18. The van der Waals surface area contributed by atoms with E-state index in [4.69, 9.17) is 0 Å². The molecule has 2 heterocycles. The highest BCUT2D eigenvalue weighted by atomic mass is 16.1. The monoisotopic (exact) mass is 335 g/mol. The van der Waals surface area contributed by atoms with Crippen molar-refractivity contribution in [1.82, 2.24) is 15.3 Å². The molecule has 5 heteroatoms. The number of aromatic nitrogens is 2. The first kappa shape index (κ1) is 16.9. The van der Waals surface area contributed by atoms with E-state index in [1.807, 2.05) is 44.2 Å². The zero-order chi connectivity index (χ0) is 17.8. The van der Waals surface area contributed by atoms with Gasteiger partial charge in [0.25, 0.3) is 5.56 Å². The second-order valence-electron chi connectivity index (χ2n) is 6.30. The maximum absolute atomic E-state index is 12.3. The van der Waals surface area contributed by atoms with Gasteiger partial charge in [0.05, 0.1) is 5.52 Å². The van der Waals surface area contributed by atoms with Gasteiger partial charge < -0.3 is 10.3 Å². The molecule has 0 radical (unpaired) electrons. The summed E-state index contributed by atoms with van der Waals surface area (Å²) in [6.45, 7) is 4.48. The maximum atomic E-state index is 12.3. The molecule has 3 rings (SSSR count). The number of nitrogens with zero attached hydrogens (tertiary/aromatic N) is 1. The van der Waals surface area contributed by atoms with Crippen molar-refractivity contribution in [3.63, 3.8) is 0 Å². The van der Waals surface area contributed by atoms with Crippen LogP contribution in [-0.2, 0) is 17.8 Å². The number of pyridine rings is 2. The van der Waals surface area contributed by atoms with Gasteiger partial charge in [-0.3, -0.25) is 14.6 Å². The second-order valence-corrected chi connectivity index (χ2v) is 6.30. The lowest BCUT2D eigenvalue weighted by atomic mass is 10.0. The first-order valence-electron chi connectivity index (χ1n) is 8.31. The Morgan fingerprint density at radius 2 is 1.92 bits per heavy atom. The number of hydrogen-bond donors (Lipinski definition) is 2. The van der Waals surface area contributed by atoms with Crippen LogP contribution in [-0.4, -0.2) is 15.9 Å². The number of aromatic amines is 1. The summed E-state index contributed by atoms with van der Waals surface area (Å²) < 4.78 is 0. The fourth-order valence-corrected chi connectivity index (χ4v) is 2.96. The third kappa shape index (κ3) is 4.12. The molecule has 0 fully saturated rings. The van der Waals surface area contributed by atoms with E-state index >= 15 is 0 Å². The van der Waals surface area contributed by atoms with E-state index in [-0.39, 0.29) is 17.9 Å². The Balaban J connectivity index is 1.67. The zero-order valence-electron chi connectivity index (χ0n) is 14.4. The minimum absolute atomic E-state index is 0.0725.